The van der Waals surface area contributed by atoms with Gasteiger partial charge in [-0.3, -0.25) is 0 Å². The first kappa shape index (κ1) is 12.8. The number of alkyl halides is 3. The van der Waals surface area contributed by atoms with E-state index in [1.165, 1.54) is 12.1 Å². The van der Waals surface area contributed by atoms with Crippen LogP contribution in [-0.4, -0.2) is 24.4 Å². The van der Waals surface area contributed by atoms with Gasteiger partial charge in [-0.1, -0.05) is 0 Å². The first-order valence-corrected chi connectivity index (χ1v) is 5.53. The summed E-state index contributed by atoms with van der Waals surface area (Å²) in [6, 6.07) is 2.70. The van der Waals surface area contributed by atoms with E-state index in [1.54, 1.807) is 0 Å². The van der Waals surface area contributed by atoms with E-state index in [1.807, 2.05) is 0 Å². The van der Waals surface area contributed by atoms with Crippen LogP contribution in [0.4, 0.5) is 18.9 Å². The average Bonchev–Trinajstić information content (AvgIpc) is 3.09. The maximum atomic E-state index is 12.0. The fourth-order valence-electron chi connectivity index (χ4n) is 1.27. The highest BCUT2D eigenvalue weighted by molar-refractivity contribution is 5.49. The van der Waals surface area contributed by atoms with Crippen molar-refractivity contribution in [2.75, 3.05) is 18.9 Å². The average molecular weight is 262 g/mol. The van der Waals surface area contributed by atoms with Crippen LogP contribution in [0.2, 0.25) is 0 Å². The fourth-order valence-corrected chi connectivity index (χ4v) is 1.27. The van der Waals surface area contributed by atoms with Crippen LogP contribution in [-0.2, 0) is 0 Å². The van der Waals surface area contributed by atoms with Crippen LogP contribution in [0, 0.1) is 5.92 Å². The summed E-state index contributed by atoms with van der Waals surface area (Å²) in [6.45, 7) is -0.897. The Morgan fingerprint density at radius 1 is 1.28 bits per heavy atom. The van der Waals surface area contributed by atoms with Gasteiger partial charge in [-0.15, -0.1) is 0 Å². The molecular formula is C11H13F3N2O2. The normalized spacial score (nSPS) is 15.5. The standard InChI is InChI=1S/C11H13F3N2O2/c12-11(13,14)6-18-9-4-3-8(15)10(16-9)17-5-7-1-2-7/h3-4,7H,1-2,5-6,15H2. The zero-order valence-corrected chi connectivity index (χ0v) is 9.54. The molecule has 1 heterocycles. The van der Waals surface area contributed by atoms with E-state index in [4.69, 9.17) is 10.5 Å². The second-order valence-electron chi connectivity index (χ2n) is 4.20. The Kier molecular flexibility index (Phi) is 3.49. The summed E-state index contributed by atoms with van der Waals surface area (Å²) in [5.41, 5.74) is 5.90. The Hall–Kier alpha value is -1.66. The Balaban J connectivity index is 1.95. The molecule has 1 saturated carbocycles. The number of ether oxygens (including phenoxy) is 2. The topological polar surface area (TPSA) is 57.4 Å². The van der Waals surface area contributed by atoms with Gasteiger partial charge in [0.05, 0.1) is 12.3 Å². The molecule has 0 aromatic carbocycles. The lowest BCUT2D eigenvalue weighted by Gasteiger charge is -2.11. The highest BCUT2D eigenvalue weighted by Gasteiger charge is 2.29. The molecule has 0 amide bonds. The van der Waals surface area contributed by atoms with Gasteiger partial charge in [-0.05, 0) is 24.8 Å². The predicted octanol–water partition coefficient (Wildman–Crippen LogP) is 2.39. The minimum atomic E-state index is -4.39. The third-order valence-corrected chi connectivity index (χ3v) is 2.40. The lowest BCUT2D eigenvalue weighted by molar-refractivity contribution is -0.154. The largest absolute Gasteiger partial charge is 0.476 e. The number of halogens is 3. The summed E-state index contributed by atoms with van der Waals surface area (Å²) in [4.78, 5) is 3.81. The molecule has 7 heteroatoms. The monoisotopic (exact) mass is 262 g/mol. The number of pyridine rings is 1. The molecule has 0 unspecified atom stereocenters. The molecule has 1 aromatic heterocycles. The van der Waals surface area contributed by atoms with Crippen LogP contribution in [0.5, 0.6) is 11.8 Å². The molecule has 0 atom stereocenters. The van der Waals surface area contributed by atoms with Crippen molar-refractivity contribution in [2.45, 2.75) is 19.0 Å². The zero-order valence-electron chi connectivity index (χ0n) is 9.54. The second-order valence-corrected chi connectivity index (χ2v) is 4.20. The Morgan fingerprint density at radius 2 is 2.00 bits per heavy atom. The van der Waals surface area contributed by atoms with Crippen LogP contribution in [0.15, 0.2) is 12.1 Å². The molecular weight excluding hydrogens is 249 g/mol. The third-order valence-electron chi connectivity index (χ3n) is 2.40. The van der Waals surface area contributed by atoms with Crippen molar-refractivity contribution in [3.8, 4) is 11.8 Å². The maximum Gasteiger partial charge on any atom is 0.422 e. The van der Waals surface area contributed by atoms with E-state index in [0.29, 0.717) is 12.5 Å². The van der Waals surface area contributed by atoms with Crippen molar-refractivity contribution >= 4 is 5.69 Å². The van der Waals surface area contributed by atoms with Crippen LogP contribution in [0.3, 0.4) is 0 Å². The maximum absolute atomic E-state index is 12.0. The number of nitrogens with zero attached hydrogens (tertiary/aromatic N) is 1. The summed E-state index contributed by atoms with van der Waals surface area (Å²) in [7, 11) is 0. The molecule has 1 fully saturated rings. The SMILES string of the molecule is Nc1ccc(OCC(F)(F)F)nc1OCC1CC1. The quantitative estimate of drug-likeness (QED) is 0.885. The number of aromatic nitrogens is 1. The minimum Gasteiger partial charge on any atom is -0.476 e. The molecule has 0 bridgehead atoms. The summed E-state index contributed by atoms with van der Waals surface area (Å²) < 4.78 is 45.8. The summed E-state index contributed by atoms with van der Waals surface area (Å²) in [6.07, 6.45) is -2.19. The van der Waals surface area contributed by atoms with Crippen molar-refractivity contribution in [2.24, 2.45) is 5.92 Å². The first-order chi connectivity index (χ1) is 8.44. The van der Waals surface area contributed by atoms with Crippen molar-refractivity contribution in [3.05, 3.63) is 12.1 Å². The minimum absolute atomic E-state index is 0.126. The highest BCUT2D eigenvalue weighted by Crippen LogP contribution is 2.31. The molecule has 0 saturated heterocycles. The van der Waals surface area contributed by atoms with Crippen LogP contribution >= 0.6 is 0 Å². The molecule has 0 aliphatic heterocycles. The number of nitrogens with two attached hydrogens (primary N) is 1. The molecule has 1 aliphatic carbocycles. The van der Waals surface area contributed by atoms with Gasteiger partial charge in [0.1, 0.15) is 0 Å². The van der Waals surface area contributed by atoms with Gasteiger partial charge in [0, 0.05) is 6.07 Å². The first-order valence-electron chi connectivity index (χ1n) is 5.53. The number of hydrogen-bond acceptors (Lipinski definition) is 4. The summed E-state index contributed by atoms with van der Waals surface area (Å²) >= 11 is 0. The Bertz CT molecular complexity index is 419. The van der Waals surface area contributed by atoms with Crippen LogP contribution < -0.4 is 15.2 Å². The molecule has 100 valence electrons. The molecule has 18 heavy (non-hydrogen) atoms. The zero-order chi connectivity index (χ0) is 13.2. The second kappa shape index (κ2) is 4.91. The van der Waals surface area contributed by atoms with Crippen molar-refractivity contribution < 1.29 is 22.6 Å². The molecule has 0 spiro atoms. The van der Waals surface area contributed by atoms with Crippen molar-refractivity contribution in [3.63, 3.8) is 0 Å². The van der Waals surface area contributed by atoms with Gasteiger partial charge in [0.2, 0.25) is 11.8 Å². The van der Waals surface area contributed by atoms with Gasteiger partial charge >= 0.3 is 6.18 Å². The number of nitrogen functional groups attached to an aromatic ring is 1. The van der Waals surface area contributed by atoms with E-state index >= 15 is 0 Å². The van der Waals surface area contributed by atoms with E-state index in [-0.39, 0.29) is 17.4 Å². The van der Waals surface area contributed by atoms with Crippen molar-refractivity contribution in [1.29, 1.82) is 0 Å². The lowest BCUT2D eigenvalue weighted by Crippen LogP contribution is -2.19. The van der Waals surface area contributed by atoms with Crippen LogP contribution in [0.25, 0.3) is 0 Å². The van der Waals surface area contributed by atoms with Gasteiger partial charge in [0.15, 0.2) is 6.61 Å². The number of hydrogen-bond donors (Lipinski definition) is 1. The summed E-state index contributed by atoms with van der Waals surface area (Å²) in [5.74, 6) is 0.486. The number of rotatable bonds is 5. The molecule has 0 radical (unpaired) electrons. The smallest absolute Gasteiger partial charge is 0.422 e. The van der Waals surface area contributed by atoms with E-state index in [9.17, 15) is 13.2 Å². The third kappa shape index (κ3) is 3.97. The van der Waals surface area contributed by atoms with Crippen molar-refractivity contribution in [1.82, 2.24) is 4.98 Å². The number of anilines is 1. The fraction of sp³-hybridized carbons (Fsp3) is 0.545. The van der Waals surface area contributed by atoms with Gasteiger partial charge in [0.25, 0.3) is 0 Å². The van der Waals surface area contributed by atoms with E-state index in [2.05, 4.69) is 9.72 Å². The lowest BCUT2D eigenvalue weighted by atomic mass is 10.4. The Morgan fingerprint density at radius 3 is 2.61 bits per heavy atom. The highest BCUT2D eigenvalue weighted by atomic mass is 19.4. The predicted molar refractivity (Wildman–Crippen MR) is 58.4 cm³/mol. The van der Waals surface area contributed by atoms with Crippen LogP contribution in [0.1, 0.15) is 12.8 Å². The molecule has 4 nitrogen and oxygen atoms in total. The Labute approximate surface area is 102 Å². The van der Waals surface area contributed by atoms with Gasteiger partial charge in [-0.2, -0.15) is 18.2 Å². The van der Waals surface area contributed by atoms with E-state index in [0.717, 1.165) is 12.8 Å². The van der Waals surface area contributed by atoms with Gasteiger partial charge < -0.3 is 15.2 Å². The molecule has 1 aromatic rings. The molecule has 1 aliphatic rings. The summed E-state index contributed by atoms with van der Waals surface area (Å²) in [5, 5.41) is 0. The molecule has 2 N–H and O–H groups in total. The van der Waals surface area contributed by atoms with Gasteiger partial charge in [-0.25, -0.2) is 0 Å². The molecule has 2 rings (SSSR count). The van der Waals surface area contributed by atoms with E-state index < -0.39 is 12.8 Å².